The van der Waals surface area contributed by atoms with Crippen LogP contribution >= 0.6 is 15.9 Å². The van der Waals surface area contributed by atoms with E-state index in [2.05, 4.69) is 42.2 Å². The maximum absolute atomic E-state index is 10.8. The molecule has 6 nitrogen and oxygen atoms in total. The van der Waals surface area contributed by atoms with E-state index >= 15 is 0 Å². The van der Waals surface area contributed by atoms with E-state index in [0.29, 0.717) is 12.2 Å². The number of fused-ring (bicyclic) bond motifs is 1. The summed E-state index contributed by atoms with van der Waals surface area (Å²) in [5.41, 5.74) is 5.03. The van der Waals surface area contributed by atoms with Gasteiger partial charge in [0.25, 0.3) is 0 Å². The molecule has 0 aliphatic rings. The summed E-state index contributed by atoms with van der Waals surface area (Å²) < 4.78 is 0.878. The van der Waals surface area contributed by atoms with Gasteiger partial charge in [-0.25, -0.2) is 0 Å². The molecule has 0 aliphatic carbocycles. The van der Waals surface area contributed by atoms with Crippen LogP contribution in [-0.4, -0.2) is 53.1 Å². The molecule has 27 heavy (non-hydrogen) atoms. The highest BCUT2D eigenvalue weighted by molar-refractivity contribution is 9.10. The van der Waals surface area contributed by atoms with Crippen LogP contribution < -0.4 is 5.32 Å². The molecule has 0 saturated heterocycles. The van der Waals surface area contributed by atoms with Crippen molar-refractivity contribution in [2.45, 2.75) is 13.1 Å². The summed E-state index contributed by atoms with van der Waals surface area (Å²) in [4.78, 5) is 13.0. The number of anilines is 2. The van der Waals surface area contributed by atoms with Gasteiger partial charge in [0.2, 0.25) is 0 Å². The molecule has 2 heterocycles. The molecule has 0 amide bonds. The minimum Gasteiger partial charge on any atom is -0.505 e. The number of aromatic nitrogens is 2. The number of hydrogen-bond donors (Lipinski definition) is 2. The number of halogens is 1. The summed E-state index contributed by atoms with van der Waals surface area (Å²) in [6, 6.07) is 7.83. The molecule has 3 rings (SSSR count). The quantitative estimate of drug-likeness (QED) is 0.578. The van der Waals surface area contributed by atoms with Crippen molar-refractivity contribution in [2.24, 2.45) is 0 Å². The van der Waals surface area contributed by atoms with E-state index in [-0.39, 0.29) is 5.75 Å². The predicted octanol–water partition coefficient (Wildman–Crippen LogP) is 3.96. The predicted molar refractivity (Wildman–Crippen MR) is 113 cm³/mol. The molecule has 1 aromatic carbocycles. The average Bonchev–Trinajstić information content (AvgIpc) is 2.57. The molecule has 3 aromatic rings. The van der Waals surface area contributed by atoms with Crippen molar-refractivity contribution in [1.82, 2.24) is 19.8 Å². The maximum Gasteiger partial charge on any atom is 0.143 e. The molecule has 142 valence electrons. The van der Waals surface area contributed by atoms with Crippen LogP contribution in [0.1, 0.15) is 11.1 Å². The van der Waals surface area contributed by atoms with Crippen LogP contribution in [0.4, 0.5) is 11.4 Å². The molecular formula is C20H24BrN5O. The van der Waals surface area contributed by atoms with Crippen LogP contribution in [0.2, 0.25) is 0 Å². The number of pyridine rings is 2. The van der Waals surface area contributed by atoms with E-state index in [1.54, 1.807) is 12.4 Å². The molecule has 0 unspecified atom stereocenters. The summed E-state index contributed by atoms with van der Waals surface area (Å²) >= 11 is 3.43. The van der Waals surface area contributed by atoms with Crippen LogP contribution in [0.3, 0.4) is 0 Å². The second kappa shape index (κ2) is 8.21. The van der Waals surface area contributed by atoms with Gasteiger partial charge < -0.3 is 20.2 Å². The molecule has 0 saturated carbocycles. The fraction of sp³-hybridized carbons (Fsp3) is 0.300. The van der Waals surface area contributed by atoms with Gasteiger partial charge in [-0.2, -0.15) is 0 Å². The highest BCUT2D eigenvalue weighted by Crippen LogP contribution is 2.34. The number of aromatic hydroxyl groups is 1. The zero-order valence-electron chi connectivity index (χ0n) is 16.0. The number of phenolic OH excluding ortho intramolecular Hbond substituents is 1. The summed E-state index contributed by atoms with van der Waals surface area (Å²) in [7, 11) is 8.04. The minimum atomic E-state index is 0.258. The van der Waals surface area contributed by atoms with Gasteiger partial charge in [-0.1, -0.05) is 0 Å². The number of nitrogens with zero attached hydrogens (tertiary/aromatic N) is 4. The lowest BCUT2D eigenvalue weighted by molar-refractivity contribution is 0.382. The lowest BCUT2D eigenvalue weighted by Gasteiger charge is -2.19. The van der Waals surface area contributed by atoms with Crippen molar-refractivity contribution >= 4 is 38.3 Å². The van der Waals surface area contributed by atoms with Gasteiger partial charge in [0.15, 0.2) is 0 Å². The van der Waals surface area contributed by atoms with Crippen molar-refractivity contribution in [1.29, 1.82) is 0 Å². The molecule has 2 N–H and O–H groups in total. The van der Waals surface area contributed by atoms with Gasteiger partial charge in [0.1, 0.15) is 11.3 Å². The number of benzene rings is 1. The van der Waals surface area contributed by atoms with Gasteiger partial charge in [0.05, 0.1) is 16.9 Å². The van der Waals surface area contributed by atoms with Crippen molar-refractivity contribution in [3.63, 3.8) is 0 Å². The van der Waals surface area contributed by atoms with E-state index in [1.807, 2.05) is 51.3 Å². The topological polar surface area (TPSA) is 64.5 Å². The van der Waals surface area contributed by atoms with Crippen molar-refractivity contribution in [3.05, 3.63) is 52.3 Å². The molecule has 0 bridgehead atoms. The van der Waals surface area contributed by atoms with Crippen LogP contribution in [0.15, 0.2) is 41.1 Å². The van der Waals surface area contributed by atoms with Gasteiger partial charge in [-0.05, 0) is 73.9 Å². The Kier molecular flexibility index (Phi) is 5.94. The van der Waals surface area contributed by atoms with Crippen LogP contribution in [0.5, 0.6) is 5.75 Å². The van der Waals surface area contributed by atoms with E-state index in [1.165, 1.54) is 0 Å². The second-order valence-corrected chi connectivity index (χ2v) is 8.05. The highest BCUT2D eigenvalue weighted by atomic mass is 79.9. The number of phenols is 1. The number of nitrogens with one attached hydrogen (secondary N) is 1. The van der Waals surface area contributed by atoms with Crippen LogP contribution in [0, 0.1) is 0 Å². The Bertz CT molecular complexity index is 959. The smallest absolute Gasteiger partial charge is 0.143 e. The van der Waals surface area contributed by atoms with Crippen LogP contribution in [-0.2, 0) is 13.1 Å². The van der Waals surface area contributed by atoms with Crippen molar-refractivity contribution in [3.8, 4) is 5.75 Å². The molecular weight excluding hydrogens is 406 g/mol. The fourth-order valence-corrected chi connectivity index (χ4v) is 3.34. The first-order chi connectivity index (χ1) is 12.8. The second-order valence-electron chi connectivity index (χ2n) is 7.13. The van der Waals surface area contributed by atoms with Gasteiger partial charge >= 0.3 is 0 Å². The molecule has 0 fully saturated rings. The summed E-state index contributed by atoms with van der Waals surface area (Å²) in [5.74, 6) is 0.258. The average molecular weight is 430 g/mol. The Morgan fingerprint density at radius 3 is 2.44 bits per heavy atom. The monoisotopic (exact) mass is 429 g/mol. The largest absolute Gasteiger partial charge is 0.505 e. The molecule has 0 atom stereocenters. The zero-order valence-corrected chi connectivity index (χ0v) is 17.6. The molecule has 0 radical (unpaired) electrons. The van der Waals surface area contributed by atoms with Gasteiger partial charge in [-0.3, -0.25) is 9.97 Å². The Labute approximate surface area is 168 Å². The Hall–Kier alpha value is -2.22. The lowest BCUT2D eigenvalue weighted by Crippen LogP contribution is -2.14. The SMILES string of the molecule is CN(C)Cc1cc(CN(C)C)c(O)c(Nc2ccnc3cc(Br)cnc23)c1. The summed E-state index contributed by atoms with van der Waals surface area (Å²) in [5, 5.41) is 14.2. The first-order valence-corrected chi connectivity index (χ1v) is 9.44. The maximum atomic E-state index is 10.8. The minimum absolute atomic E-state index is 0.258. The molecule has 0 spiro atoms. The molecule has 7 heteroatoms. The standard InChI is InChI=1S/C20H24BrN5O/c1-25(2)11-13-7-14(12-26(3)4)20(27)18(8-13)24-16-5-6-22-17-9-15(21)10-23-19(16)17/h5-10,27H,11-12H2,1-4H3,(H,22,24). The Morgan fingerprint density at radius 1 is 1.00 bits per heavy atom. The number of hydrogen-bond acceptors (Lipinski definition) is 6. The third-order valence-corrected chi connectivity index (χ3v) is 4.48. The number of rotatable bonds is 6. The van der Waals surface area contributed by atoms with Crippen molar-refractivity contribution < 1.29 is 5.11 Å². The Morgan fingerprint density at radius 2 is 1.74 bits per heavy atom. The van der Waals surface area contributed by atoms with Crippen LogP contribution in [0.25, 0.3) is 11.0 Å². The first kappa shape index (κ1) is 19.5. The highest BCUT2D eigenvalue weighted by Gasteiger charge is 2.13. The lowest BCUT2D eigenvalue weighted by atomic mass is 10.1. The molecule has 2 aromatic heterocycles. The third-order valence-electron chi connectivity index (χ3n) is 4.05. The third kappa shape index (κ3) is 4.74. The summed E-state index contributed by atoms with van der Waals surface area (Å²) in [6.07, 6.45) is 3.48. The summed E-state index contributed by atoms with van der Waals surface area (Å²) in [6.45, 7) is 1.45. The zero-order chi connectivity index (χ0) is 19.6. The van der Waals surface area contributed by atoms with E-state index in [0.717, 1.165) is 38.9 Å². The van der Waals surface area contributed by atoms with E-state index in [9.17, 15) is 5.11 Å². The van der Waals surface area contributed by atoms with Gasteiger partial charge in [-0.15, -0.1) is 0 Å². The normalized spacial score (nSPS) is 11.5. The van der Waals surface area contributed by atoms with E-state index in [4.69, 9.17) is 0 Å². The Balaban J connectivity index is 2.05. The van der Waals surface area contributed by atoms with E-state index < -0.39 is 0 Å². The fourth-order valence-electron chi connectivity index (χ4n) is 3.02. The van der Waals surface area contributed by atoms with Crippen molar-refractivity contribution in [2.75, 3.05) is 33.5 Å². The first-order valence-electron chi connectivity index (χ1n) is 8.65. The molecule has 0 aliphatic heterocycles. The van der Waals surface area contributed by atoms with Gasteiger partial charge in [0, 0.05) is 35.5 Å².